The number of hydrogen-bond donors (Lipinski definition) is 1. The minimum absolute atomic E-state index is 0.167. The summed E-state index contributed by atoms with van der Waals surface area (Å²) in [6.45, 7) is -0.423. The van der Waals surface area contributed by atoms with Gasteiger partial charge in [-0.25, -0.2) is 9.79 Å². The quantitative estimate of drug-likeness (QED) is 0.304. The average molecular weight is 482 g/mol. The Labute approximate surface area is 207 Å². The van der Waals surface area contributed by atoms with Crippen LogP contribution in [0.2, 0.25) is 0 Å². The summed E-state index contributed by atoms with van der Waals surface area (Å²) in [5, 5.41) is 18.8. The van der Waals surface area contributed by atoms with Gasteiger partial charge in [-0.05, 0) is 71.8 Å². The Morgan fingerprint density at radius 2 is 1.47 bits per heavy atom. The Morgan fingerprint density at radius 3 is 2.00 bits per heavy atom. The van der Waals surface area contributed by atoms with E-state index in [0.29, 0.717) is 34.1 Å². The third kappa shape index (κ3) is 5.37. The number of methoxy groups -OCH3 is 2. The van der Waals surface area contributed by atoms with E-state index in [1.54, 1.807) is 44.7 Å². The van der Waals surface area contributed by atoms with Crippen molar-refractivity contribution in [1.29, 1.82) is 5.26 Å². The summed E-state index contributed by atoms with van der Waals surface area (Å²) >= 11 is 0. The highest BCUT2D eigenvalue weighted by atomic mass is 16.5. The molecule has 1 N–H and O–H groups in total. The van der Waals surface area contributed by atoms with Crippen LogP contribution in [0.3, 0.4) is 0 Å². The lowest BCUT2D eigenvalue weighted by atomic mass is 9.98. The molecule has 8 nitrogen and oxygen atoms in total. The van der Waals surface area contributed by atoms with Crippen LogP contribution in [0.5, 0.6) is 17.2 Å². The Bertz CT molecular complexity index is 1410. The van der Waals surface area contributed by atoms with Crippen LogP contribution >= 0.6 is 0 Å². The molecule has 4 aromatic rings. The van der Waals surface area contributed by atoms with Crippen molar-refractivity contribution in [2.45, 2.75) is 0 Å². The molecule has 0 aliphatic rings. The summed E-state index contributed by atoms with van der Waals surface area (Å²) in [6.07, 6.45) is 1.57. The number of carboxylic acids is 1. The van der Waals surface area contributed by atoms with Crippen molar-refractivity contribution in [2.24, 2.45) is 4.99 Å². The van der Waals surface area contributed by atoms with Gasteiger partial charge in [-0.2, -0.15) is 5.26 Å². The van der Waals surface area contributed by atoms with Gasteiger partial charge in [0.05, 0.1) is 14.2 Å². The molecule has 0 aliphatic heterocycles. The lowest BCUT2D eigenvalue weighted by Crippen LogP contribution is -2.09. The standard InChI is InChI=1S/C28H22N2O6/c1-33-21-11-5-19(6-12-21)26-24(15-29)28(36-27(26)20-7-13-22(34-2)14-8-20)30-16-18-3-9-23(10-4-18)35-17-25(31)32/h3-14,16H,17H2,1-2H3,(H,31,32). The van der Waals surface area contributed by atoms with E-state index in [-0.39, 0.29) is 5.88 Å². The number of hydrogen-bond acceptors (Lipinski definition) is 7. The fourth-order valence-corrected chi connectivity index (χ4v) is 3.52. The molecule has 3 aromatic carbocycles. The summed E-state index contributed by atoms with van der Waals surface area (Å²) in [6, 6.07) is 23.7. The van der Waals surface area contributed by atoms with Gasteiger partial charge >= 0.3 is 5.97 Å². The van der Waals surface area contributed by atoms with E-state index >= 15 is 0 Å². The highest BCUT2D eigenvalue weighted by Gasteiger charge is 2.23. The van der Waals surface area contributed by atoms with Crippen molar-refractivity contribution in [1.82, 2.24) is 0 Å². The van der Waals surface area contributed by atoms with E-state index in [1.165, 1.54) is 0 Å². The maximum absolute atomic E-state index is 10.7. The van der Waals surface area contributed by atoms with E-state index in [9.17, 15) is 10.1 Å². The number of aliphatic carboxylic acids is 1. The zero-order chi connectivity index (χ0) is 25.5. The molecule has 1 heterocycles. The molecule has 1 aromatic heterocycles. The molecule has 0 fully saturated rings. The minimum Gasteiger partial charge on any atom is -0.497 e. The summed E-state index contributed by atoms with van der Waals surface area (Å²) in [4.78, 5) is 15.1. The molecule has 36 heavy (non-hydrogen) atoms. The van der Waals surface area contributed by atoms with Crippen molar-refractivity contribution in [3.63, 3.8) is 0 Å². The van der Waals surface area contributed by atoms with E-state index in [1.807, 2.05) is 48.5 Å². The first-order valence-electron chi connectivity index (χ1n) is 10.9. The first kappa shape index (κ1) is 24.1. The minimum atomic E-state index is -1.05. The zero-order valence-corrected chi connectivity index (χ0v) is 19.6. The van der Waals surface area contributed by atoms with Crippen molar-refractivity contribution in [3.8, 4) is 45.8 Å². The van der Waals surface area contributed by atoms with Crippen LogP contribution in [0.4, 0.5) is 5.88 Å². The molecular formula is C28H22N2O6. The van der Waals surface area contributed by atoms with Crippen molar-refractivity contribution < 1.29 is 28.5 Å². The monoisotopic (exact) mass is 482 g/mol. The summed E-state index contributed by atoms with van der Waals surface area (Å²) in [7, 11) is 3.18. The zero-order valence-electron chi connectivity index (χ0n) is 19.6. The number of carbonyl (C=O) groups is 1. The van der Waals surface area contributed by atoms with E-state index in [0.717, 1.165) is 16.7 Å². The predicted molar refractivity (Wildman–Crippen MR) is 134 cm³/mol. The maximum Gasteiger partial charge on any atom is 0.341 e. The van der Waals surface area contributed by atoms with E-state index in [2.05, 4.69) is 11.1 Å². The van der Waals surface area contributed by atoms with Gasteiger partial charge in [-0.3, -0.25) is 0 Å². The van der Waals surface area contributed by atoms with Gasteiger partial charge in [-0.15, -0.1) is 0 Å². The smallest absolute Gasteiger partial charge is 0.341 e. The van der Waals surface area contributed by atoms with Crippen molar-refractivity contribution >= 4 is 18.1 Å². The van der Waals surface area contributed by atoms with Gasteiger partial charge in [0.2, 0.25) is 5.88 Å². The third-order valence-electron chi connectivity index (χ3n) is 5.31. The maximum atomic E-state index is 10.7. The lowest BCUT2D eigenvalue weighted by Gasteiger charge is -2.06. The van der Waals surface area contributed by atoms with Crippen LogP contribution < -0.4 is 14.2 Å². The molecular weight excluding hydrogens is 460 g/mol. The number of carboxylic acid groups (broad SMARTS) is 1. The Balaban J connectivity index is 1.74. The molecule has 0 saturated carbocycles. The van der Waals surface area contributed by atoms with Crippen molar-refractivity contribution in [2.75, 3.05) is 20.8 Å². The topological polar surface area (TPSA) is 114 Å². The molecule has 0 spiro atoms. The van der Waals surface area contributed by atoms with Crippen LogP contribution in [-0.4, -0.2) is 38.1 Å². The van der Waals surface area contributed by atoms with Crippen LogP contribution in [0.25, 0.3) is 22.5 Å². The molecule has 0 saturated heterocycles. The first-order valence-corrected chi connectivity index (χ1v) is 10.9. The molecule has 0 bridgehead atoms. The predicted octanol–water partition coefficient (Wildman–Crippen LogP) is 5.72. The SMILES string of the molecule is COc1ccc(-c2oc(N=Cc3ccc(OCC(=O)O)cc3)c(C#N)c2-c2ccc(OC)cc2)cc1. The molecule has 4 rings (SSSR count). The first-order chi connectivity index (χ1) is 17.5. The molecule has 8 heteroatoms. The van der Waals surface area contributed by atoms with Gasteiger partial charge in [0.25, 0.3) is 0 Å². The van der Waals surface area contributed by atoms with Gasteiger partial charge < -0.3 is 23.7 Å². The molecule has 0 aliphatic carbocycles. The second-order valence-electron chi connectivity index (χ2n) is 7.56. The van der Waals surface area contributed by atoms with Crippen molar-refractivity contribution in [3.05, 3.63) is 83.9 Å². The summed E-state index contributed by atoms with van der Waals surface area (Å²) < 4.78 is 21.8. The number of nitrogens with zero attached hydrogens (tertiary/aromatic N) is 2. The average Bonchev–Trinajstić information content (AvgIpc) is 3.29. The number of ether oxygens (including phenoxy) is 3. The second-order valence-corrected chi connectivity index (χ2v) is 7.56. The number of furan rings is 1. The Hall–Kier alpha value is -5.03. The van der Waals surface area contributed by atoms with Crippen LogP contribution in [0, 0.1) is 11.3 Å². The fourth-order valence-electron chi connectivity index (χ4n) is 3.52. The highest BCUT2D eigenvalue weighted by molar-refractivity contribution is 5.90. The van der Waals surface area contributed by atoms with E-state index < -0.39 is 12.6 Å². The molecule has 0 radical (unpaired) electrons. The molecule has 0 unspecified atom stereocenters. The largest absolute Gasteiger partial charge is 0.497 e. The highest BCUT2D eigenvalue weighted by Crippen LogP contribution is 2.43. The Kier molecular flexibility index (Phi) is 7.32. The number of benzene rings is 3. The summed E-state index contributed by atoms with van der Waals surface area (Å²) in [5.41, 5.74) is 3.18. The number of rotatable bonds is 9. The second kappa shape index (κ2) is 10.9. The molecule has 180 valence electrons. The fraction of sp³-hybridized carbons (Fsp3) is 0.107. The van der Waals surface area contributed by atoms with Gasteiger partial charge in [0, 0.05) is 17.3 Å². The number of aliphatic imine (C=N–C) groups is 1. The Morgan fingerprint density at radius 1 is 0.917 bits per heavy atom. The lowest BCUT2D eigenvalue weighted by molar-refractivity contribution is -0.139. The van der Waals surface area contributed by atoms with Crippen LogP contribution in [0.15, 0.2) is 82.2 Å². The molecule has 0 amide bonds. The normalized spacial score (nSPS) is 10.7. The third-order valence-corrected chi connectivity index (χ3v) is 5.31. The number of nitriles is 1. The van der Waals surface area contributed by atoms with Gasteiger partial charge in [-0.1, -0.05) is 12.1 Å². The summed E-state index contributed by atoms with van der Waals surface area (Å²) in [5.74, 6) is 1.44. The van der Waals surface area contributed by atoms with Gasteiger partial charge in [0.15, 0.2) is 6.61 Å². The molecule has 0 atom stereocenters. The van der Waals surface area contributed by atoms with Crippen LogP contribution in [-0.2, 0) is 4.79 Å². The van der Waals surface area contributed by atoms with Gasteiger partial charge in [0.1, 0.15) is 34.6 Å². The van der Waals surface area contributed by atoms with Crippen LogP contribution in [0.1, 0.15) is 11.1 Å². The van der Waals surface area contributed by atoms with E-state index in [4.69, 9.17) is 23.7 Å².